The van der Waals surface area contributed by atoms with E-state index >= 15 is 0 Å². The fraction of sp³-hybridized carbons (Fsp3) is 0.200. The Balaban J connectivity index is 2.46. The van der Waals surface area contributed by atoms with Crippen LogP contribution in [-0.4, -0.2) is 17.0 Å². The van der Waals surface area contributed by atoms with Gasteiger partial charge in [0.2, 0.25) is 0 Å². The molecule has 0 unspecified atom stereocenters. The van der Waals surface area contributed by atoms with Crippen LogP contribution in [0.25, 0.3) is 10.4 Å². The average Bonchev–Trinajstić information content (AvgIpc) is 2.61. The van der Waals surface area contributed by atoms with Gasteiger partial charge in [0.1, 0.15) is 0 Å². The van der Waals surface area contributed by atoms with Gasteiger partial charge in [-0.2, -0.15) is 0 Å². The number of thiazole rings is 1. The number of nitrogens with one attached hydrogen (secondary N) is 1. The minimum absolute atomic E-state index is 0.946. The van der Waals surface area contributed by atoms with Crippen molar-refractivity contribution in [3.05, 3.63) is 30.2 Å². The van der Waals surface area contributed by atoms with Crippen molar-refractivity contribution in [1.29, 1.82) is 0 Å². The third kappa shape index (κ3) is 1.61. The van der Waals surface area contributed by atoms with Crippen molar-refractivity contribution in [1.82, 2.24) is 9.97 Å². The van der Waals surface area contributed by atoms with E-state index in [0.717, 1.165) is 16.4 Å². The highest BCUT2D eigenvalue weighted by atomic mass is 32.1. The second kappa shape index (κ2) is 3.75. The largest absolute Gasteiger partial charge is 0.365 e. The monoisotopic (exact) mass is 205 g/mol. The Hall–Kier alpha value is -1.42. The number of rotatable bonds is 2. The highest BCUT2D eigenvalue weighted by Gasteiger charge is 2.07. The summed E-state index contributed by atoms with van der Waals surface area (Å²) in [6.45, 7) is 2.01. The molecule has 0 aliphatic heterocycles. The zero-order valence-electron chi connectivity index (χ0n) is 8.11. The summed E-state index contributed by atoms with van der Waals surface area (Å²) in [4.78, 5) is 9.66. The summed E-state index contributed by atoms with van der Waals surface area (Å²) in [6, 6.07) is 3.99. The second-order valence-corrected chi connectivity index (χ2v) is 3.92. The van der Waals surface area contributed by atoms with E-state index in [9.17, 15) is 0 Å². The molecule has 72 valence electrons. The van der Waals surface area contributed by atoms with Crippen LogP contribution in [0.2, 0.25) is 0 Å². The van der Waals surface area contributed by atoms with Gasteiger partial charge in [0.25, 0.3) is 0 Å². The highest BCUT2D eigenvalue weighted by molar-refractivity contribution is 7.19. The zero-order valence-corrected chi connectivity index (χ0v) is 8.93. The van der Waals surface area contributed by atoms with Gasteiger partial charge in [-0.05, 0) is 13.0 Å². The van der Waals surface area contributed by atoms with Crippen LogP contribution in [0.15, 0.2) is 24.5 Å². The molecule has 2 aromatic heterocycles. The molecule has 0 saturated carbocycles. The molecule has 0 radical (unpaired) electrons. The molecule has 4 heteroatoms. The maximum atomic E-state index is 4.39. The van der Waals surface area contributed by atoms with Crippen LogP contribution in [0, 0.1) is 6.92 Å². The lowest BCUT2D eigenvalue weighted by Gasteiger charge is -1.95. The maximum Gasteiger partial charge on any atom is 0.183 e. The van der Waals surface area contributed by atoms with Crippen LogP contribution in [-0.2, 0) is 0 Å². The first-order chi connectivity index (χ1) is 6.81. The predicted octanol–water partition coefficient (Wildman–Crippen LogP) is 2.56. The molecule has 2 heterocycles. The smallest absolute Gasteiger partial charge is 0.183 e. The van der Waals surface area contributed by atoms with Gasteiger partial charge >= 0.3 is 0 Å². The van der Waals surface area contributed by atoms with Crippen LogP contribution < -0.4 is 5.32 Å². The van der Waals surface area contributed by atoms with Gasteiger partial charge in [0, 0.05) is 25.0 Å². The van der Waals surface area contributed by atoms with Crippen LogP contribution in [0.5, 0.6) is 0 Å². The fourth-order valence-corrected chi connectivity index (χ4v) is 2.18. The SMILES string of the molecule is CNc1nc(C)c(-c2cccnc2)s1. The minimum atomic E-state index is 0.946. The van der Waals surface area contributed by atoms with E-state index in [1.54, 1.807) is 17.5 Å². The molecular weight excluding hydrogens is 194 g/mol. The van der Waals surface area contributed by atoms with Crippen LogP contribution in [0.4, 0.5) is 5.13 Å². The molecule has 0 saturated heterocycles. The van der Waals surface area contributed by atoms with Gasteiger partial charge in [-0.15, -0.1) is 0 Å². The first-order valence-corrected chi connectivity index (χ1v) is 5.18. The van der Waals surface area contributed by atoms with Crippen LogP contribution in [0.3, 0.4) is 0 Å². The Labute approximate surface area is 86.8 Å². The number of nitrogens with zero attached hydrogens (tertiary/aromatic N) is 2. The molecule has 3 nitrogen and oxygen atoms in total. The van der Waals surface area contributed by atoms with Crippen molar-refractivity contribution in [3.8, 4) is 10.4 Å². The summed E-state index contributed by atoms with van der Waals surface area (Å²) in [5, 5.41) is 3.99. The summed E-state index contributed by atoms with van der Waals surface area (Å²) < 4.78 is 0. The highest BCUT2D eigenvalue weighted by Crippen LogP contribution is 2.31. The van der Waals surface area contributed by atoms with E-state index in [2.05, 4.69) is 15.3 Å². The summed E-state index contributed by atoms with van der Waals surface area (Å²) in [7, 11) is 1.88. The molecule has 0 aliphatic rings. The van der Waals surface area contributed by atoms with Crippen LogP contribution in [0.1, 0.15) is 5.69 Å². The molecule has 0 aromatic carbocycles. The van der Waals surface area contributed by atoms with E-state index in [0.29, 0.717) is 0 Å². The molecule has 0 atom stereocenters. The van der Waals surface area contributed by atoms with E-state index < -0.39 is 0 Å². The zero-order chi connectivity index (χ0) is 9.97. The van der Waals surface area contributed by atoms with E-state index in [1.165, 1.54) is 4.88 Å². The van der Waals surface area contributed by atoms with Crippen molar-refractivity contribution in [2.45, 2.75) is 6.92 Å². The standard InChI is InChI=1S/C10H11N3S/c1-7-9(14-10(11-2)13-7)8-4-3-5-12-6-8/h3-6H,1-2H3,(H,11,13). The quantitative estimate of drug-likeness (QED) is 0.818. The number of aryl methyl sites for hydroxylation is 1. The molecule has 1 N–H and O–H groups in total. The van der Waals surface area contributed by atoms with Crippen LogP contribution >= 0.6 is 11.3 Å². The summed E-state index contributed by atoms with van der Waals surface area (Å²) >= 11 is 1.65. The summed E-state index contributed by atoms with van der Waals surface area (Å²) in [5.41, 5.74) is 2.18. The van der Waals surface area contributed by atoms with Gasteiger partial charge < -0.3 is 5.32 Å². The third-order valence-corrected chi connectivity index (χ3v) is 3.16. The molecule has 14 heavy (non-hydrogen) atoms. The Morgan fingerprint density at radius 1 is 1.43 bits per heavy atom. The first kappa shape index (κ1) is 9.15. The Kier molecular flexibility index (Phi) is 2.45. The third-order valence-electron chi connectivity index (χ3n) is 1.93. The van der Waals surface area contributed by atoms with Crippen molar-refractivity contribution >= 4 is 16.5 Å². The summed E-state index contributed by atoms with van der Waals surface area (Å²) in [6.07, 6.45) is 3.64. The van der Waals surface area contributed by atoms with Gasteiger partial charge in [-0.25, -0.2) is 4.98 Å². The molecule has 2 aromatic rings. The fourth-order valence-electron chi connectivity index (χ4n) is 1.27. The van der Waals surface area contributed by atoms with Crippen molar-refractivity contribution in [2.75, 3.05) is 12.4 Å². The number of pyridine rings is 1. The molecular formula is C10H11N3S. The number of anilines is 1. The Bertz CT molecular complexity index is 422. The Morgan fingerprint density at radius 2 is 2.29 bits per heavy atom. The number of aromatic nitrogens is 2. The molecule has 0 bridgehead atoms. The average molecular weight is 205 g/mol. The Morgan fingerprint density at radius 3 is 2.86 bits per heavy atom. The number of hydrogen-bond acceptors (Lipinski definition) is 4. The van der Waals surface area contributed by atoms with Gasteiger partial charge in [0.05, 0.1) is 10.6 Å². The minimum Gasteiger partial charge on any atom is -0.365 e. The molecule has 0 aliphatic carbocycles. The lowest BCUT2D eigenvalue weighted by Crippen LogP contribution is -1.84. The molecule has 0 fully saturated rings. The van der Waals surface area contributed by atoms with Gasteiger partial charge in [-0.3, -0.25) is 4.98 Å². The lowest BCUT2D eigenvalue weighted by molar-refractivity contribution is 1.25. The molecule has 2 rings (SSSR count). The topological polar surface area (TPSA) is 37.8 Å². The van der Waals surface area contributed by atoms with Crippen molar-refractivity contribution in [2.24, 2.45) is 0 Å². The first-order valence-electron chi connectivity index (χ1n) is 4.37. The molecule has 0 spiro atoms. The van der Waals surface area contributed by atoms with Gasteiger partial charge in [0.15, 0.2) is 5.13 Å². The van der Waals surface area contributed by atoms with E-state index in [1.807, 2.05) is 32.3 Å². The molecule has 0 amide bonds. The van der Waals surface area contributed by atoms with Gasteiger partial charge in [-0.1, -0.05) is 17.4 Å². The number of hydrogen-bond donors (Lipinski definition) is 1. The maximum absolute atomic E-state index is 4.39. The predicted molar refractivity (Wildman–Crippen MR) is 59.6 cm³/mol. The lowest BCUT2D eigenvalue weighted by atomic mass is 10.2. The summed E-state index contributed by atoms with van der Waals surface area (Å²) in [5.74, 6) is 0. The second-order valence-electron chi connectivity index (χ2n) is 2.93. The van der Waals surface area contributed by atoms with Crippen molar-refractivity contribution < 1.29 is 0 Å². The van der Waals surface area contributed by atoms with Crippen molar-refractivity contribution in [3.63, 3.8) is 0 Å². The normalized spacial score (nSPS) is 10.1. The van der Waals surface area contributed by atoms with E-state index in [4.69, 9.17) is 0 Å². The van der Waals surface area contributed by atoms with E-state index in [-0.39, 0.29) is 0 Å².